The van der Waals surface area contributed by atoms with Crippen LogP contribution in [0.25, 0.3) is 0 Å². The quantitative estimate of drug-likeness (QED) is 0.602. The van der Waals surface area contributed by atoms with Gasteiger partial charge in [0.1, 0.15) is 0 Å². The third kappa shape index (κ3) is 4.75. The summed E-state index contributed by atoms with van der Waals surface area (Å²) in [4.78, 5) is 20.4. The van der Waals surface area contributed by atoms with E-state index < -0.39 is 4.92 Å². The van der Waals surface area contributed by atoms with Crippen molar-refractivity contribution in [2.24, 2.45) is 0 Å². The van der Waals surface area contributed by atoms with Crippen LogP contribution in [0.15, 0.2) is 24.3 Å². The van der Waals surface area contributed by atoms with E-state index in [-0.39, 0.29) is 11.6 Å². The number of nitro benzene ring substituents is 1. The van der Waals surface area contributed by atoms with Crippen molar-refractivity contribution in [2.75, 3.05) is 5.32 Å². The molecule has 0 aromatic heterocycles. The Morgan fingerprint density at radius 1 is 1.27 bits per heavy atom. The van der Waals surface area contributed by atoms with Gasteiger partial charge in [-0.1, -0.05) is 13.8 Å². The average Bonchev–Trinajstić information content (AvgIpc) is 2.20. The summed E-state index contributed by atoms with van der Waals surface area (Å²) in [5, 5.41) is 12.8. The van der Waals surface area contributed by atoms with Crippen LogP contribution in [-0.4, -0.2) is 10.8 Å². The van der Waals surface area contributed by atoms with Gasteiger partial charge in [-0.15, -0.1) is 0 Å². The number of rotatable bonds is 2. The van der Waals surface area contributed by atoms with E-state index >= 15 is 0 Å². The minimum Gasteiger partial charge on any atom is -0.326 e. The van der Waals surface area contributed by atoms with Gasteiger partial charge in [0.05, 0.1) is 4.92 Å². The number of anilines is 1. The highest BCUT2D eigenvalue weighted by Crippen LogP contribution is 2.14. The monoisotopic (exact) mass is 210 g/mol. The molecule has 15 heavy (non-hydrogen) atoms. The zero-order chi connectivity index (χ0) is 11.8. The first kappa shape index (κ1) is 13.1. The van der Waals surface area contributed by atoms with Crippen molar-refractivity contribution >= 4 is 17.3 Å². The first-order valence-electron chi connectivity index (χ1n) is 4.61. The summed E-state index contributed by atoms with van der Waals surface area (Å²) in [5.74, 6) is -0.200. The van der Waals surface area contributed by atoms with Crippen molar-refractivity contribution in [3.05, 3.63) is 34.4 Å². The average molecular weight is 210 g/mol. The number of carbonyl (C=O) groups is 1. The third-order valence-electron chi connectivity index (χ3n) is 1.40. The van der Waals surface area contributed by atoms with E-state index in [0.717, 1.165) is 0 Å². The lowest BCUT2D eigenvalue weighted by molar-refractivity contribution is -0.384. The first-order valence-corrected chi connectivity index (χ1v) is 4.61. The van der Waals surface area contributed by atoms with Gasteiger partial charge in [0.2, 0.25) is 5.91 Å². The van der Waals surface area contributed by atoms with Crippen molar-refractivity contribution in [1.29, 1.82) is 0 Å². The van der Waals surface area contributed by atoms with Crippen LogP contribution in [0.3, 0.4) is 0 Å². The van der Waals surface area contributed by atoms with Crippen LogP contribution in [0.2, 0.25) is 0 Å². The van der Waals surface area contributed by atoms with Crippen molar-refractivity contribution < 1.29 is 9.72 Å². The van der Waals surface area contributed by atoms with Gasteiger partial charge in [-0.3, -0.25) is 14.9 Å². The minimum absolute atomic E-state index is 0.00843. The molecule has 5 nitrogen and oxygen atoms in total. The molecule has 1 amide bonds. The van der Waals surface area contributed by atoms with Crippen LogP contribution in [0, 0.1) is 10.1 Å². The van der Waals surface area contributed by atoms with Gasteiger partial charge in [0.25, 0.3) is 5.69 Å². The van der Waals surface area contributed by atoms with Gasteiger partial charge >= 0.3 is 0 Å². The van der Waals surface area contributed by atoms with Crippen LogP contribution in [0.4, 0.5) is 11.4 Å². The van der Waals surface area contributed by atoms with Crippen LogP contribution < -0.4 is 5.32 Å². The molecule has 0 spiro atoms. The second-order valence-corrected chi connectivity index (χ2v) is 2.49. The van der Waals surface area contributed by atoms with Crippen LogP contribution in [0.5, 0.6) is 0 Å². The van der Waals surface area contributed by atoms with Gasteiger partial charge in [-0.2, -0.15) is 0 Å². The Morgan fingerprint density at radius 3 is 2.07 bits per heavy atom. The number of hydrogen-bond acceptors (Lipinski definition) is 3. The summed E-state index contributed by atoms with van der Waals surface area (Å²) < 4.78 is 0. The highest BCUT2D eigenvalue weighted by Gasteiger charge is 2.03. The second kappa shape index (κ2) is 6.53. The topological polar surface area (TPSA) is 72.2 Å². The van der Waals surface area contributed by atoms with Gasteiger partial charge in [0.15, 0.2) is 0 Å². The fourth-order valence-electron chi connectivity index (χ4n) is 0.870. The van der Waals surface area contributed by atoms with E-state index in [0.29, 0.717) is 5.69 Å². The lowest BCUT2D eigenvalue weighted by Gasteiger charge is -1.99. The Hall–Kier alpha value is -1.91. The fourth-order valence-corrected chi connectivity index (χ4v) is 0.870. The molecule has 0 radical (unpaired) electrons. The molecule has 0 saturated carbocycles. The molecule has 0 bridgehead atoms. The van der Waals surface area contributed by atoms with E-state index in [2.05, 4.69) is 5.32 Å². The van der Waals surface area contributed by atoms with Crippen molar-refractivity contribution in [2.45, 2.75) is 20.8 Å². The number of hydrogen-bond donors (Lipinski definition) is 1. The minimum atomic E-state index is -0.489. The SMILES string of the molecule is CC.CC(=O)Nc1ccc([N+](=O)[O-])cc1. The highest BCUT2D eigenvalue weighted by molar-refractivity contribution is 5.88. The molecule has 0 aliphatic heterocycles. The summed E-state index contributed by atoms with van der Waals surface area (Å²) in [6, 6.07) is 5.65. The zero-order valence-electron chi connectivity index (χ0n) is 8.98. The number of non-ortho nitro benzene ring substituents is 1. The smallest absolute Gasteiger partial charge is 0.269 e. The molecule has 1 aromatic rings. The summed E-state index contributed by atoms with van der Waals surface area (Å²) >= 11 is 0. The third-order valence-corrected chi connectivity index (χ3v) is 1.40. The van der Waals surface area contributed by atoms with Crippen molar-refractivity contribution in [3.63, 3.8) is 0 Å². The summed E-state index contributed by atoms with van der Waals surface area (Å²) in [6.45, 7) is 5.38. The molecule has 1 N–H and O–H groups in total. The molecular weight excluding hydrogens is 196 g/mol. The predicted octanol–water partition coefficient (Wildman–Crippen LogP) is 2.58. The zero-order valence-corrected chi connectivity index (χ0v) is 8.98. The highest BCUT2D eigenvalue weighted by atomic mass is 16.6. The van der Waals surface area contributed by atoms with Crippen LogP contribution in [-0.2, 0) is 4.79 Å². The molecular formula is C10H14N2O3. The van der Waals surface area contributed by atoms with Gasteiger partial charge < -0.3 is 5.32 Å². The summed E-state index contributed by atoms with van der Waals surface area (Å²) in [7, 11) is 0. The number of carbonyl (C=O) groups excluding carboxylic acids is 1. The molecule has 5 heteroatoms. The lowest BCUT2D eigenvalue weighted by Crippen LogP contribution is -2.05. The Bertz CT molecular complexity index is 333. The maximum absolute atomic E-state index is 10.6. The van der Waals surface area contributed by atoms with Gasteiger partial charge in [-0.05, 0) is 12.1 Å². The molecule has 1 rings (SSSR count). The molecule has 1 aromatic carbocycles. The number of amides is 1. The van der Waals surface area contributed by atoms with Crippen LogP contribution in [0.1, 0.15) is 20.8 Å². The normalized spacial score (nSPS) is 8.47. The number of benzene rings is 1. The summed E-state index contributed by atoms with van der Waals surface area (Å²) in [6.07, 6.45) is 0. The lowest BCUT2D eigenvalue weighted by atomic mass is 10.3. The molecule has 0 fully saturated rings. The fraction of sp³-hybridized carbons (Fsp3) is 0.300. The maximum atomic E-state index is 10.6. The molecule has 82 valence electrons. The molecule has 0 saturated heterocycles. The number of nitrogens with zero attached hydrogens (tertiary/aromatic N) is 1. The molecule has 0 aliphatic rings. The number of nitrogens with one attached hydrogen (secondary N) is 1. The molecule has 0 unspecified atom stereocenters. The maximum Gasteiger partial charge on any atom is 0.269 e. The van der Waals surface area contributed by atoms with Gasteiger partial charge in [-0.25, -0.2) is 0 Å². The summed E-state index contributed by atoms with van der Waals surface area (Å²) in [5.41, 5.74) is 0.562. The largest absolute Gasteiger partial charge is 0.326 e. The van der Waals surface area contributed by atoms with Gasteiger partial charge in [0, 0.05) is 24.7 Å². The first-order chi connectivity index (χ1) is 7.09. The molecule has 0 heterocycles. The Kier molecular flexibility index (Phi) is 5.70. The van der Waals surface area contributed by atoms with E-state index in [1.54, 1.807) is 0 Å². The van der Waals surface area contributed by atoms with E-state index in [1.807, 2.05) is 13.8 Å². The Balaban J connectivity index is 0.000000921. The second-order valence-electron chi connectivity index (χ2n) is 2.49. The van der Waals surface area contributed by atoms with E-state index in [4.69, 9.17) is 0 Å². The van der Waals surface area contributed by atoms with E-state index in [9.17, 15) is 14.9 Å². The number of nitro groups is 1. The molecule has 0 aliphatic carbocycles. The van der Waals surface area contributed by atoms with E-state index in [1.165, 1.54) is 31.2 Å². The van der Waals surface area contributed by atoms with Crippen molar-refractivity contribution in [3.8, 4) is 0 Å². The van der Waals surface area contributed by atoms with Crippen LogP contribution >= 0.6 is 0 Å². The predicted molar refractivity (Wildman–Crippen MR) is 58.7 cm³/mol. The Morgan fingerprint density at radius 2 is 1.73 bits per heavy atom. The standard InChI is InChI=1S/C8H8N2O3.C2H6/c1-6(11)9-7-2-4-8(5-3-7)10(12)13;1-2/h2-5H,1H3,(H,9,11);1-2H3. The Labute approximate surface area is 88.3 Å². The van der Waals surface area contributed by atoms with Crippen molar-refractivity contribution in [1.82, 2.24) is 0 Å². The molecule has 0 atom stereocenters.